The molecule has 0 bridgehead atoms. The lowest BCUT2D eigenvalue weighted by Crippen LogP contribution is -2.45. The summed E-state index contributed by atoms with van der Waals surface area (Å²) in [4.78, 5) is 0. The minimum absolute atomic E-state index is 0.280. The van der Waals surface area contributed by atoms with Gasteiger partial charge in [0, 0.05) is 0 Å². The van der Waals surface area contributed by atoms with Crippen molar-refractivity contribution in [2.45, 2.75) is 64.8 Å². The number of aliphatic hydroxyl groups is 2. The fraction of sp³-hybridized carbons (Fsp3) is 1.00. The highest BCUT2D eigenvalue weighted by Crippen LogP contribution is 2.39. The minimum Gasteiger partial charge on any atom is -0.391 e. The van der Waals surface area contributed by atoms with Gasteiger partial charge in [0.2, 0.25) is 0 Å². The molecule has 0 aromatic rings. The van der Waals surface area contributed by atoms with Crippen LogP contribution >= 0.6 is 0 Å². The third-order valence-corrected chi connectivity index (χ3v) is 3.79. The van der Waals surface area contributed by atoms with E-state index in [1.165, 1.54) is 6.92 Å². The summed E-state index contributed by atoms with van der Waals surface area (Å²) < 4.78 is 5.65. The molecule has 1 rings (SSSR count). The summed E-state index contributed by atoms with van der Waals surface area (Å²) in [5.41, 5.74) is -0.280. The van der Waals surface area contributed by atoms with Crippen LogP contribution in [0.25, 0.3) is 0 Å². The van der Waals surface area contributed by atoms with Crippen LogP contribution in [-0.4, -0.2) is 28.2 Å². The average Bonchev–Trinajstić information content (AvgIpc) is 2.17. The molecule has 1 atom stereocenters. The highest BCUT2D eigenvalue weighted by Gasteiger charge is 2.38. The van der Waals surface area contributed by atoms with Crippen molar-refractivity contribution in [3.63, 3.8) is 0 Å². The molecule has 0 saturated heterocycles. The molecule has 3 heteroatoms. The van der Waals surface area contributed by atoms with Crippen LogP contribution in [0.3, 0.4) is 0 Å². The van der Waals surface area contributed by atoms with E-state index in [9.17, 15) is 5.11 Å². The van der Waals surface area contributed by atoms with Crippen LogP contribution in [-0.2, 0) is 4.74 Å². The first-order valence-electron chi connectivity index (χ1n) is 6.31. The molecular weight excluding hydrogens is 204 g/mol. The summed E-state index contributed by atoms with van der Waals surface area (Å²) in [6.45, 7) is 7.73. The van der Waals surface area contributed by atoms with Crippen molar-refractivity contribution in [2.75, 3.05) is 6.61 Å². The number of rotatable bonds is 4. The Morgan fingerprint density at radius 2 is 1.88 bits per heavy atom. The van der Waals surface area contributed by atoms with E-state index < -0.39 is 5.79 Å². The number of ether oxygens (including phenoxy) is 1. The molecule has 96 valence electrons. The smallest absolute Gasteiger partial charge is 0.186 e. The van der Waals surface area contributed by atoms with Gasteiger partial charge in [-0.3, -0.25) is 0 Å². The van der Waals surface area contributed by atoms with Gasteiger partial charge in [-0.25, -0.2) is 0 Å². The van der Waals surface area contributed by atoms with Gasteiger partial charge in [-0.15, -0.1) is 0 Å². The molecule has 0 aromatic heterocycles. The van der Waals surface area contributed by atoms with E-state index in [2.05, 4.69) is 13.8 Å². The van der Waals surface area contributed by atoms with Crippen molar-refractivity contribution in [1.29, 1.82) is 0 Å². The topological polar surface area (TPSA) is 49.7 Å². The quantitative estimate of drug-likeness (QED) is 0.729. The molecule has 1 fully saturated rings. The zero-order valence-electron chi connectivity index (χ0n) is 11.0. The molecule has 0 radical (unpaired) electrons. The van der Waals surface area contributed by atoms with E-state index in [1.807, 2.05) is 6.92 Å². The van der Waals surface area contributed by atoms with Crippen molar-refractivity contribution in [3.05, 3.63) is 0 Å². The maximum Gasteiger partial charge on any atom is 0.186 e. The van der Waals surface area contributed by atoms with Gasteiger partial charge < -0.3 is 14.9 Å². The largest absolute Gasteiger partial charge is 0.391 e. The number of hydrogen-bond donors (Lipinski definition) is 2. The fourth-order valence-corrected chi connectivity index (χ4v) is 2.58. The second-order valence-electron chi connectivity index (χ2n) is 5.97. The standard InChI is InChI=1S/C13H26O3/c1-10(2)11-5-7-12(3,8-6-11)16-13(4,15)9-14/h10-11,14-15H,5-9H2,1-4H3. The Hall–Kier alpha value is -0.120. The number of hydrogen-bond acceptors (Lipinski definition) is 3. The van der Waals surface area contributed by atoms with Crippen LogP contribution in [0.2, 0.25) is 0 Å². The Labute approximate surface area is 98.8 Å². The maximum absolute atomic E-state index is 9.74. The summed E-state index contributed by atoms with van der Waals surface area (Å²) in [5, 5.41) is 18.7. The van der Waals surface area contributed by atoms with E-state index in [4.69, 9.17) is 9.84 Å². The molecule has 0 spiro atoms. The highest BCUT2D eigenvalue weighted by atomic mass is 16.6. The summed E-state index contributed by atoms with van der Waals surface area (Å²) >= 11 is 0. The van der Waals surface area contributed by atoms with E-state index >= 15 is 0 Å². The molecule has 1 aliphatic carbocycles. The first-order chi connectivity index (χ1) is 7.28. The Morgan fingerprint density at radius 3 is 2.25 bits per heavy atom. The Morgan fingerprint density at radius 1 is 1.38 bits per heavy atom. The second kappa shape index (κ2) is 5.03. The third-order valence-electron chi connectivity index (χ3n) is 3.79. The molecule has 0 aromatic carbocycles. The molecule has 1 unspecified atom stereocenters. The SMILES string of the molecule is CC(C)C1CCC(C)(OC(C)(O)CO)CC1. The van der Waals surface area contributed by atoms with E-state index in [0.29, 0.717) is 0 Å². The highest BCUT2D eigenvalue weighted by molar-refractivity contribution is 4.86. The average molecular weight is 230 g/mol. The van der Waals surface area contributed by atoms with Crippen molar-refractivity contribution in [3.8, 4) is 0 Å². The third kappa shape index (κ3) is 3.72. The second-order valence-corrected chi connectivity index (χ2v) is 5.97. The molecule has 16 heavy (non-hydrogen) atoms. The van der Waals surface area contributed by atoms with Gasteiger partial charge in [0.1, 0.15) is 0 Å². The van der Waals surface area contributed by atoms with Crippen molar-refractivity contribution < 1.29 is 14.9 Å². The molecule has 1 saturated carbocycles. The molecule has 1 aliphatic rings. The Bertz CT molecular complexity index is 215. The Balaban J connectivity index is 2.50. The first-order valence-corrected chi connectivity index (χ1v) is 6.31. The fourth-order valence-electron chi connectivity index (χ4n) is 2.58. The Kier molecular flexibility index (Phi) is 4.38. The summed E-state index contributed by atoms with van der Waals surface area (Å²) in [5.74, 6) is 0.0954. The van der Waals surface area contributed by atoms with Crippen molar-refractivity contribution >= 4 is 0 Å². The summed E-state index contributed by atoms with van der Waals surface area (Å²) in [7, 11) is 0. The van der Waals surface area contributed by atoms with Gasteiger partial charge in [0.25, 0.3) is 0 Å². The van der Waals surface area contributed by atoms with Crippen LogP contribution in [0.5, 0.6) is 0 Å². The lowest BCUT2D eigenvalue weighted by molar-refractivity contribution is -0.274. The first kappa shape index (κ1) is 13.9. The van der Waals surface area contributed by atoms with Crippen molar-refractivity contribution in [2.24, 2.45) is 11.8 Å². The predicted octanol–water partition coefficient (Wildman–Crippen LogP) is 2.31. The van der Waals surface area contributed by atoms with Crippen molar-refractivity contribution in [1.82, 2.24) is 0 Å². The zero-order valence-corrected chi connectivity index (χ0v) is 11.0. The van der Waals surface area contributed by atoms with Gasteiger partial charge in [-0.2, -0.15) is 0 Å². The van der Waals surface area contributed by atoms with Gasteiger partial charge in [0.05, 0.1) is 12.2 Å². The predicted molar refractivity (Wildman–Crippen MR) is 64.0 cm³/mol. The van der Waals surface area contributed by atoms with E-state index in [-0.39, 0.29) is 12.2 Å². The molecule has 2 N–H and O–H groups in total. The van der Waals surface area contributed by atoms with Gasteiger partial charge in [-0.1, -0.05) is 13.8 Å². The summed E-state index contributed by atoms with van der Waals surface area (Å²) in [6.07, 6.45) is 4.23. The summed E-state index contributed by atoms with van der Waals surface area (Å²) in [6, 6.07) is 0. The van der Waals surface area contributed by atoms with Crippen LogP contribution in [0.4, 0.5) is 0 Å². The molecule has 0 aliphatic heterocycles. The molecular formula is C13H26O3. The number of aliphatic hydroxyl groups excluding tert-OH is 1. The van der Waals surface area contributed by atoms with Crippen LogP contribution in [0.15, 0.2) is 0 Å². The van der Waals surface area contributed by atoms with Crippen LogP contribution < -0.4 is 0 Å². The van der Waals surface area contributed by atoms with Gasteiger partial charge in [0.15, 0.2) is 5.79 Å². The molecule has 3 nitrogen and oxygen atoms in total. The van der Waals surface area contributed by atoms with Gasteiger partial charge >= 0.3 is 0 Å². The zero-order chi connectivity index (χ0) is 12.4. The van der Waals surface area contributed by atoms with Crippen LogP contribution in [0, 0.1) is 11.8 Å². The van der Waals surface area contributed by atoms with E-state index in [0.717, 1.165) is 37.5 Å². The lowest BCUT2D eigenvalue weighted by atomic mass is 9.75. The molecule has 0 amide bonds. The minimum atomic E-state index is -1.40. The van der Waals surface area contributed by atoms with E-state index in [1.54, 1.807) is 0 Å². The lowest BCUT2D eigenvalue weighted by Gasteiger charge is -2.42. The normalized spacial score (nSPS) is 35.1. The van der Waals surface area contributed by atoms with Gasteiger partial charge in [-0.05, 0) is 51.4 Å². The monoisotopic (exact) mass is 230 g/mol. The maximum atomic E-state index is 9.74. The molecule has 0 heterocycles. The van der Waals surface area contributed by atoms with Crippen LogP contribution in [0.1, 0.15) is 53.4 Å².